The van der Waals surface area contributed by atoms with Crippen LogP contribution in [0.3, 0.4) is 0 Å². The SMILES string of the molecule is CC1(C)[C@H](C=C(Cl)Cl)[C@H]1C(=O)Nc1cccc(Cl)c1Cl. The molecule has 1 aromatic rings. The summed E-state index contributed by atoms with van der Waals surface area (Å²) in [7, 11) is 0. The minimum Gasteiger partial charge on any atom is -0.324 e. The molecular formula is C14H13Cl4NO. The summed E-state index contributed by atoms with van der Waals surface area (Å²) in [5.41, 5.74) is 0.330. The molecule has 1 fully saturated rings. The Labute approximate surface area is 138 Å². The van der Waals surface area contributed by atoms with Gasteiger partial charge in [-0.1, -0.05) is 66.3 Å². The molecule has 2 rings (SSSR count). The third kappa shape index (κ3) is 3.09. The van der Waals surface area contributed by atoms with Crippen LogP contribution < -0.4 is 5.32 Å². The van der Waals surface area contributed by atoms with Gasteiger partial charge in [-0.25, -0.2) is 0 Å². The Morgan fingerprint density at radius 2 is 1.95 bits per heavy atom. The number of anilines is 1. The third-order valence-electron chi connectivity index (χ3n) is 3.71. The molecule has 0 unspecified atom stereocenters. The number of allylic oxidation sites excluding steroid dienone is 1. The van der Waals surface area contributed by atoms with Crippen LogP contribution in [0.15, 0.2) is 28.8 Å². The van der Waals surface area contributed by atoms with Crippen molar-refractivity contribution in [2.24, 2.45) is 17.3 Å². The minimum atomic E-state index is -0.190. The van der Waals surface area contributed by atoms with Gasteiger partial charge in [0.05, 0.1) is 21.7 Å². The van der Waals surface area contributed by atoms with Crippen LogP contribution in [0, 0.1) is 17.3 Å². The summed E-state index contributed by atoms with van der Waals surface area (Å²) in [5, 5.41) is 3.54. The first-order valence-electron chi connectivity index (χ1n) is 6.03. The fraction of sp³-hybridized carbons (Fsp3) is 0.357. The van der Waals surface area contributed by atoms with E-state index in [1.807, 2.05) is 13.8 Å². The molecule has 0 aliphatic heterocycles. The highest BCUT2D eigenvalue weighted by Gasteiger charge is 2.60. The number of carbonyl (C=O) groups is 1. The Hall–Kier alpha value is -0.410. The van der Waals surface area contributed by atoms with E-state index >= 15 is 0 Å². The standard InChI is InChI=1S/C14H13Cl4NO/c1-14(2)7(6-10(16)17)11(14)13(20)19-9-5-3-4-8(15)12(9)18/h3-7,11H,1-2H3,(H,19,20)/t7-,11+/m1/s1. The summed E-state index contributed by atoms with van der Waals surface area (Å²) in [6.45, 7) is 3.99. The molecular weight excluding hydrogens is 340 g/mol. The summed E-state index contributed by atoms with van der Waals surface area (Å²) < 4.78 is 0.180. The lowest BCUT2D eigenvalue weighted by Gasteiger charge is -2.08. The average molecular weight is 353 g/mol. The molecule has 1 aliphatic carbocycles. The summed E-state index contributed by atoms with van der Waals surface area (Å²) in [6, 6.07) is 5.11. The largest absolute Gasteiger partial charge is 0.324 e. The lowest BCUT2D eigenvalue weighted by atomic mass is 10.1. The number of halogens is 4. The average Bonchev–Trinajstić information content (AvgIpc) is 2.86. The topological polar surface area (TPSA) is 29.1 Å². The third-order valence-corrected chi connectivity index (χ3v) is 4.78. The van der Waals surface area contributed by atoms with Gasteiger partial charge in [0.15, 0.2) is 0 Å². The van der Waals surface area contributed by atoms with Crippen molar-refractivity contribution in [3.8, 4) is 0 Å². The van der Waals surface area contributed by atoms with E-state index in [0.29, 0.717) is 15.7 Å². The Kier molecular flexibility index (Phi) is 4.60. The maximum atomic E-state index is 12.3. The van der Waals surface area contributed by atoms with E-state index in [-0.39, 0.29) is 27.6 Å². The van der Waals surface area contributed by atoms with E-state index in [1.165, 1.54) is 0 Å². The van der Waals surface area contributed by atoms with Gasteiger partial charge in [-0.15, -0.1) is 0 Å². The van der Waals surface area contributed by atoms with Crippen LogP contribution in [0.25, 0.3) is 0 Å². The maximum absolute atomic E-state index is 12.3. The molecule has 1 amide bonds. The van der Waals surface area contributed by atoms with Crippen LogP contribution >= 0.6 is 46.4 Å². The van der Waals surface area contributed by atoms with Gasteiger partial charge in [-0.2, -0.15) is 0 Å². The number of benzene rings is 1. The summed E-state index contributed by atoms with van der Waals surface area (Å²) in [5.74, 6) is -0.287. The van der Waals surface area contributed by atoms with E-state index < -0.39 is 0 Å². The molecule has 6 heteroatoms. The fourth-order valence-electron chi connectivity index (χ4n) is 2.44. The lowest BCUT2D eigenvalue weighted by molar-refractivity contribution is -0.118. The second-order valence-corrected chi connectivity index (χ2v) is 7.16. The Morgan fingerprint density at radius 3 is 2.55 bits per heavy atom. The second kappa shape index (κ2) is 5.76. The highest BCUT2D eigenvalue weighted by Crippen LogP contribution is 2.60. The number of rotatable bonds is 3. The van der Waals surface area contributed by atoms with Crippen molar-refractivity contribution in [1.82, 2.24) is 0 Å². The smallest absolute Gasteiger partial charge is 0.228 e. The monoisotopic (exact) mass is 351 g/mol. The van der Waals surface area contributed by atoms with Crippen LogP contribution in [0.4, 0.5) is 5.69 Å². The van der Waals surface area contributed by atoms with Gasteiger partial charge in [-0.05, 0) is 29.5 Å². The second-order valence-electron chi connectivity index (χ2n) is 5.37. The van der Waals surface area contributed by atoms with Gasteiger partial charge in [0.1, 0.15) is 4.49 Å². The van der Waals surface area contributed by atoms with E-state index in [1.54, 1.807) is 24.3 Å². The van der Waals surface area contributed by atoms with E-state index in [4.69, 9.17) is 46.4 Å². The molecule has 1 N–H and O–H groups in total. The van der Waals surface area contributed by atoms with Crippen molar-refractivity contribution >= 4 is 58.0 Å². The van der Waals surface area contributed by atoms with Crippen molar-refractivity contribution in [3.05, 3.63) is 38.8 Å². The predicted octanol–water partition coefficient (Wildman–Crippen LogP) is 5.52. The molecule has 1 aromatic carbocycles. The molecule has 1 aliphatic rings. The van der Waals surface area contributed by atoms with Gasteiger partial charge in [-0.3, -0.25) is 4.79 Å². The van der Waals surface area contributed by atoms with Crippen LogP contribution in [0.2, 0.25) is 10.0 Å². The Morgan fingerprint density at radius 1 is 1.30 bits per heavy atom. The molecule has 0 saturated heterocycles. The molecule has 0 radical (unpaired) electrons. The van der Waals surface area contributed by atoms with Crippen molar-refractivity contribution < 1.29 is 4.79 Å². The van der Waals surface area contributed by atoms with E-state index in [9.17, 15) is 4.79 Å². The van der Waals surface area contributed by atoms with Crippen molar-refractivity contribution in [1.29, 1.82) is 0 Å². The predicted molar refractivity (Wildman–Crippen MR) is 85.6 cm³/mol. The van der Waals surface area contributed by atoms with Gasteiger partial charge in [0.25, 0.3) is 0 Å². The molecule has 2 atom stereocenters. The number of amides is 1. The Balaban J connectivity index is 2.14. The number of hydrogen-bond acceptors (Lipinski definition) is 1. The zero-order valence-electron chi connectivity index (χ0n) is 10.9. The molecule has 0 heterocycles. The molecule has 0 bridgehead atoms. The van der Waals surface area contributed by atoms with Gasteiger partial charge >= 0.3 is 0 Å². The van der Waals surface area contributed by atoms with Gasteiger partial charge in [0.2, 0.25) is 5.91 Å². The minimum absolute atomic E-state index is 0.0189. The quantitative estimate of drug-likeness (QED) is 0.761. The van der Waals surface area contributed by atoms with Crippen LogP contribution in [0.5, 0.6) is 0 Å². The van der Waals surface area contributed by atoms with Gasteiger partial charge in [0, 0.05) is 0 Å². The summed E-state index contributed by atoms with van der Waals surface area (Å²) in [6.07, 6.45) is 1.70. The van der Waals surface area contributed by atoms with Crippen molar-refractivity contribution in [2.75, 3.05) is 5.32 Å². The number of hydrogen-bond donors (Lipinski definition) is 1. The molecule has 20 heavy (non-hydrogen) atoms. The Bertz CT molecular complexity index is 579. The molecule has 0 spiro atoms. The fourth-order valence-corrected chi connectivity index (χ4v) is 3.06. The van der Waals surface area contributed by atoms with Crippen molar-refractivity contribution in [3.63, 3.8) is 0 Å². The first kappa shape index (κ1) is 16.0. The molecule has 1 saturated carbocycles. The normalized spacial score (nSPS) is 23.1. The molecule has 108 valence electrons. The lowest BCUT2D eigenvalue weighted by Crippen LogP contribution is -2.17. The summed E-state index contributed by atoms with van der Waals surface area (Å²) >= 11 is 23.3. The highest BCUT2D eigenvalue weighted by molar-refractivity contribution is 6.55. The first-order valence-corrected chi connectivity index (χ1v) is 7.54. The van der Waals surface area contributed by atoms with Crippen LogP contribution in [-0.4, -0.2) is 5.91 Å². The zero-order chi connectivity index (χ0) is 15.1. The molecule has 2 nitrogen and oxygen atoms in total. The van der Waals surface area contributed by atoms with E-state index in [0.717, 1.165) is 0 Å². The molecule has 0 aromatic heterocycles. The first-order chi connectivity index (χ1) is 9.25. The number of carbonyl (C=O) groups excluding carboxylic acids is 1. The van der Waals surface area contributed by atoms with Crippen LogP contribution in [0.1, 0.15) is 13.8 Å². The maximum Gasteiger partial charge on any atom is 0.228 e. The van der Waals surface area contributed by atoms with Crippen molar-refractivity contribution in [2.45, 2.75) is 13.8 Å². The van der Waals surface area contributed by atoms with E-state index in [2.05, 4.69) is 5.32 Å². The van der Waals surface area contributed by atoms with Crippen LogP contribution in [-0.2, 0) is 4.79 Å². The summed E-state index contributed by atoms with van der Waals surface area (Å²) in [4.78, 5) is 12.3. The zero-order valence-corrected chi connectivity index (χ0v) is 13.9. The number of nitrogens with one attached hydrogen (secondary N) is 1. The van der Waals surface area contributed by atoms with Gasteiger partial charge < -0.3 is 5.32 Å². The highest BCUT2D eigenvalue weighted by atomic mass is 35.5.